The van der Waals surface area contributed by atoms with Crippen LogP contribution in [0.5, 0.6) is 0 Å². The Morgan fingerprint density at radius 1 is 1.28 bits per heavy atom. The molecule has 0 amide bonds. The van der Waals surface area contributed by atoms with Gasteiger partial charge in [0.15, 0.2) is 0 Å². The highest BCUT2D eigenvalue weighted by Gasteiger charge is 2.17. The first-order chi connectivity index (χ1) is 8.92. The van der Waals surface area contributed by atoms with Crippen molar-refractivity contribution >= 4 is 0 Å². The van der Waals surface area contributed by atoms with Crippen LogP contribution in [-0.2, 0) is 6.42 Å². The fourth-order valence-electron chi connectivity index (χ4n) is 2.19. The zero-order valence-corrected chi connectivity index (χ0v) is 10.0. The van der Waals surface area contributed by atoms with E-state index >= 15 is 0 Å². The molecule has 0 saturated carbocycles. The smallest absolute Gasteiger partial charge is 0.227 e. The maximum Gasteiger partial charge on any atom is 0.227 e. The lowest BCUT2D eigenvalue weighted by atomic mass is 9.95. The number of piperidine rings is 1. The number of aromatic nitrogens is 4. The van der Waals surface area contributed by atoms with Crippen LogP contribution in [0, 0.1) is 5.92 Å². The second kappa shape index (κ2) is 5.22. The van der Waals surface area contributed by atoms with E-state index in [0.717, 1.165) is 19.5 Å². The van der Waals surface area contributed by atoms with Gasteiger partial charge in [0.1, 0.15) is 5.69 Å². The van der Waals surface area contributed by atoms with Crippen molar-refractivity contribution in [2.24, 2.45) is 5.92 Å². The molecule has 0 spiro atoms. The van der Waals surface area contributed by atoms with Crippen molar-refractivity contribution in [2.45, 2.75) is 19.3 Å². The Hall–Kier alpha value is -1.82. The summed E-state index contributed by atoms with van der Waals surface area (Å²) < 4.78 is 5.27. The Labute approximate surface area is 105 Å². The molecule has 0 bridgehead atoms. The third-order valence-electron chi connectivity index (χ3n) is 3.18. The summed E-state index contributed by atoms with van der Waals surface area (Å²) in [6.07, 6.45) is 8.08. The summed E-state index contributed by atoms with van der Waals surface area (Å²) in [7, 11) is 0. The highest BCUT2D eigenvalue weighted by Crippen LogP contribution is 2.18. The van der Waals surface area contributed by atoms with E-state index in [1.165, 1.54) is 12.8 Å². The molecule has 3 rings (SSSR count). The standard InChI is InChI=1S/C12H15N5O/c1-3-13-4-2-9(1)7-11-16-12(17-18-11)10-8-14-5-6-15-10/h5-6,8-9,13H,1-4,7H2. The van der Waals surface area contributed by atoms with Crippen LogP contribution in [0.3, 0.4) is 0 Å². The van der Waals surface area contributed by atoms with Gasteiger partial charge in [-0.3, -0.25) is 4.98 Å². The number of hydrogen-bond acceptors (Lipinski definition) is 6. The first kappa shape index (κ1) is 11.3. The summed E-state index contributed by atoms with van der Waals surface area (Å²) in [5.74, 6) is 1.86. The molecule has 6 nitrogen and oxygen atoms in total. The quantitative estimate of drug-likeness (QED) is 0.871. The van der Waals surface area contributed by atoms with Crippen LogP contribution >= 0.6 is 0 Å². The number of rotatable bonds is 3. The SMILES string of the molecule is c1cnc(-c2noc(CC3CCNCC3)n2)cn1. The van der Waals surface area contributed by atoms with Crippen LogP contribution in [0.15, 0.2) is 23.1 Å². The average Bonchev–Trinajstić information content (AvgIpc) is 2.89. The Morgan fingerprint density at radius 3 is 2.94 bits per heavy atom. The highest BCUT2D eigenvalue weighted by molar-refractivity contribution is 5.45. The van der Waals surface area contributed by atoms with Crippen LogP contribution in [-0.4, -0.2) is 33.2 Å². The normalized spacial score (nSPS) is 16.9. The van der Waals surface area contributed by atoms with E-state index in [4.69, 9.17) is 4.52 Å². The molecule has 6 heteroatoms. The third-order valence-corrected chi connectivity index (χ3v) is 3.18. The lowest BCUT2D eigenvalue weighted by Crippen LogP contribution is -2.28. The monoisotopic (exact) mass is 245 g/mol. The molecule has 18 heavy (non-hydrogen) atoms. The van der Waals surface area contributed by atoms with Crippen molar-refractivity contribution in [3.05, 3.63) is 24.5 Å². The summed E-state index contributed by atoms with van der Waals surface area (Å²) >= 11 is 0. The van der Waals surface area contributed by atoms with E-state index in [1.54, 1.807) is 18.6 Å². The van der Waals surface area contributed by atoms with Gasteiger partial charge in [-0.1, -0.05) is 5.16 Å². The summed E-state index contributed by atoms with van der Waals surface area (Å²) in [5.41, 5.74) is 0.651. The Balaban J connectivity index is 1.69. The number of nitrogens with one attached hydrogen (secondary N) is 1. The lowest BCUT2D eigenvalue weighted by Gasteiger charge is -2.20. The van der Waals surface area contributed by atoms with Crippen LogP contribution in [0.4, 0.5) is 0 Å². The molecular formula is C12H15N5O. The molecule has 0 aromatic carbocycles. The molecule has 1 aliphatic heterocycles. The molecule has 2 aromatic rings. The van der Waals surface area contributed by atoms with Crippen LogP contribution in [0.25, 0.3) is 11.5 Å². The van der Waals surface area contributed by atoms with Crippen LogP contribution in [0.1, 0.15) is 18.7 Å². The molecule has 1 fully saturated rings. The minimum Gasteiger partial charge on any atom is -0.339 e. The van der Waals surface area contributed by atoms with Gasteiger partial charge in [0.25, 0.3) is 0 Å². The first-order valence-electron chi connectivity index (χ1n) is 6.21. The molecule has 0 atom stereocenters. The molecule has 1 saturated heterocycles. The van der Waals surface area contributed by atoms with Gasteiger partial charge in [-0.05, 0) is 31.8 Å². The first-order valence-corrected chi connectivity index (χ1v) is 6.21. The number of nitrogens with zero attached hydrogens (tertiary/aromatic N) is 4. The zero-order chi connectivity index (χ0) is 12.2. The maximum atomic E-state index is 5.27. The van der Waals surface area contributed by atoms with Gasteiger partial charge in [-0.15, -0.1) is 0 Å². The summed E-state index contributed by atoms with van der Waals surface area (Å²) in [4.78, 5) is 12.5. The predicted molar refractivity (Wildman–Crippen MR) is 64.6 cm³/mol. The minimum atomic E-state index is 0.520. The highest BCUT2D eigenvalue weighted by atomic mass is 16.5. The summed E-state index contributed by atoms with van der Waals surface area (Å²) in [6, 6.07) is 0. The molecular weight excluding hydrogens is 230 g/mol. The topological polar surface area (TPSA) is 76.7 Å². The number of hydrogen-bond donors (Lipinski definition) is 1. The Morgan fingerprint density at radius 2 is 2.17 bits per heavy atom. The molecule has 2 aromatic heterocycles. The fraction of sp³-hybridized carbons (Fsp3) is 0.500. The predicted octanol–water partition coefficient (Wildman–Crippen LogP) is 1.07. The second-order valence-electron chi connectivity index (χ2n) is 4.50. The maximum absolute atomic E-state index is 5.27. The van der Waals surface area contributed by atoms with E-state index in [0.29, 0.717) is 23.3 Å². The van der Waals surface area contributed by atoms with Gasteiger partial charge in [0, 0.05) is 18.8 Å². The van der Waals surface area contributed by atoms with Gasteiger partial charge < -0.3 is 9.84 Å². The molecule has 94 valence electrons. The van der Waals surface area contributed by atoms with Crippen molar-refractivity contribution in [2.75, 3.05) is 13.1 Å². The molecule has 0 unspecified atom stereocenters. The lowest BCUT2D eigenvalue weighted by molar-refractivity contribution is 0.313. The van der Waals surface area contributed by atoms with E-state index in [1.807, 2.05) is 0 Å². The minimum absolute atomic E-state index is 0.520. The van der Waals surface area contributed by atoms with Crippen LogP contribution < -0.4 is 5.32 Å². The molecule has 3 heterocycles. The molecule has 0 radical (unpaired) electrons. The largest absolute Gasteiger partial charge is 0.339 e. The molecule has 1 N–H and O–H groups in total. The van der Waals surface area contributed by atoms with Gasteiger partial charge in [0.05, 0.1) is 6.20 Å². The van der Waals surface area contributed by atoms with E-state index in [-0.39, 0.29) is 0 Å². The van der Waals surface area contributed by atoms with Crippen molar-refractivity contribution < 1.29 is 4.52 Å². The fourth-order valence-corrected chi connectivity index (χ4v) is 2.19. The Kier molecular flexibility index (Phi) is 3.27. The third kappa shape index (κ3) is 2.53. The summed E-state index contributed by atoms with van der Waals surface area (Å²) in [6.45, 7) is 2.16. The van der Waals surface area contributed by atoms with Gasteiger partial charge in [-0.25, -0.2) is 4.98 Å². The van der Waals surface area contributed by atoms with E-state index in [2.05, 4.69) is 25.4 Å². The van der Waals surface area contributed by atoms with Crippen molar-refractivity contribution in [3.63, 3.8) is 0 Å². The van der Waals surface area contributed by atoms with Crippen molar-refractivity contribution in [3.8, 4) is 11.5 Å². The Bertz CT molecular complexity index is 492. The van der Waals surface area contributed by atoms with Gasteiger partial charge in [-0.2, -0.15) is 4.98 Å². The van der Waals surface area contributed by atoms with Crippen LogP contribution in [0.2, 0.25) is 0 Å². The average molecular weight is 245 g/mol. The molecule has 0 aliphatic carbocycles. The van der Waals surface area contributed by atoms with Crippen molar-refractivity contribution in [1.82, 2.24) is 25.4 Å². The van der Waals surface area contributed by atoms with Gasteiger partial charge in [0.2, 0.25) is 11.7 Å². The zero-order valence-electron chi connectivity index (χ0n) is 10.0. The molecule has 1 aliphatic rings. The van der Waals surface area contributed by atoms with E-state index in [9.17, 15) is 0 Å². The second-order valence-corrected chi connectivity index (χ2v) is 4.50. The van der Waals surface area contributed by atoms with Crippen molar-refractivity contribution in [1.29, 1.82) is 0 Å². The summed E-state index contributed by atoms with van der Waals surface area (Å²) in [5, 5.41) is 7.29. The van der Waals surface area contributed by atoms with Gasteiger partial charge >= 0.3 is 0 Å². The van der Waals surface area contributed by atoms with E-state index < -0.39 is 0 Å².